The van der Waals surface area contributed by atoms with Gasteiger partial charge in [-0.25, -0.2) is 21.6 Å². The minimum absolute atomic E-state index is 0.169. The molecular formula is C10H12ClNO4S2. The first-order valence-electron chi connectivity index (χ1n) is 4.86. The molecule has 18 heavy (non-hydrogen) atoms. The van der Waals surface area contributed by atoms with E-state index in [0.717, 1.165) is 6.07 Å². The van der Waals surface area contributed by atoms with Crippen molar-refractivity contribution in [1.82, 2.24) is 4.72 Å². The van der Waals surface area contributed by atoms with Crippen molar-refractivity contribution in [3.63, 3.8) is 0 Å². The molecule has 8 heteroatoms. The van der Waals surface area contributed by atoms with E-state index in [1.807, 2.05) is 0 Å². The molecule has 0 saturated heterocycles. The first-order valence-corrected chi connectivity index (χ1v) is 8.65. The number of nitrogens with one attached hydrogen (secondary N) is 1. The van der Waals surface area contributed by atoms with E-state index >= 15 is 0 Å². The number of hydrogen-bond donors (Lipinski definition) is 1. The average molecular weight is 310 g/mol. The van der Waals surface area contributed by atoms with Gasteiger partial charge in [-0.05, 0) is 25.1 Å². The van der Waals surface area contributed by atoms with Crippen LogP contribution in [0.15, 0.2) is 46.7 Å². The molecule has 1 aromatic rings. The summed E-state index contributed by atoms with van der Waals surface area (Å²) in [6, 6.07) is 4.34. The molecule has 0 spiro atoms. The van der Waals surface area contributed by atoms with E-state index in [0.29, 0.717) is 0 Å². The molecule has 0 saturated carbocycles. The second kappa shape index (κ2) is 5.40. The Morgan fingerprint density at radius 1 is 1.28 bits per heavy atom. The molecule has 0 aliphatic rings. The summed E-state index contributed by atoms with van der Waals surface area (Å²) in [5.41, 5.74) is 0. The van der Waals surface area contributed by atoms with E-state index in [2.05, 4.69) is 11.3 Å². The smallest absolute Gasteiger partial charge is 0.207 e. The topological polar surface area (TPSA) is 80.3 Å². The second-order valence-corrected chi connectivity index (χ2v) is 7.84. The quantitative estimate of drug-likeness (QED) is 0.659. The van der Waals surface area contributed by atoms with Crippen LogP contribution >= 0.6 is 10.7 Å². The largest absolute Gasteiger partial charge is 0.261 e. The van der Waals surface area contributed by atoms with Crippen LogP contribution in [-0.4, -0.2) is 22.9 Å². The van der Waals surface area contributed by atoms with Gasteiger partial charge in [0, 0.05) is 16.7 Å². The first kappa shape index (κ1) is 15.2. The minimum atomic E-state index is -3.96. The summed E-state index contributed by atoms with van der Waals surface area (Å²) < 4.78 is 48.3. The number of hydrogen-bond acceptors (Lipinski definition) is 4. The van der Waals surface area contributed by atoms with Gasteiger partial charge in [0.1, 0.15) is 0 Å². The maximum atomic E-state index is 11.9. The molecule has 0 fully saturated rings. The lowest BCUT2D eigenvalue weighted by atomic mass is 10.4. The van der Waals surface area contributed by atoms with Gasteiger partial charge >= 0.3 is 0 Å². The van der Waals surface area contributed by atoms with E-state index in [1.165, 1.54) is 24.3 Å². The molecular weight excluding hydrogens is 298 g/mol. The van der Waals surface area contributed by atoms with Gasteiger partial charge in [-0.1, -0.05) is 12.1 Å². The summed E-state index contributed by atoms with van der Waals surface area (Å²) >= 11 is 0. The Morgan fingerprint density at radius 2 is 1.83 bits per heavy atom. The van der Waals surface area contributed by atoms with Crippen LogP contribution in [0.2, 0.25) is 0 Å². The van der Waals surface area contributed by atoms with Crippen molar-refractivity contribution < 1.29 is 16.8 Å². The molecule has 0 amide bonds. The molecule has 0 aliphatic heterocycles. The molecule has 0 aromatic heterocycles. The van der Waals surface area contributed by atoms with Crippen molar-refractivity contribution >= 4 is 29.8 Å². The summed E-state index contributed by atoms with van der Waals surface area (Å²) in [7, 11) is -2.60. The van der Waals surface area contributed by atoms with Crippen molar-refractivity contribution in [3.8, 4) is 0 Å². The van der Waals surface area contributed by atoms with Crippen LogP contribution in [0.3, 0.4) is 0 Å². The van der Waals surface area contributed by atoms with E-state index in [4.69, 9.17) is 10.7 Å². The highest BCUT2D eigenvalue weighted by molar-refractivity contribution is 8.13. The first-order chi connectivity index (χ1) is 8.16. The van der Waals surface area contributed by atoms with Crippen LogP contribution in [0.5, 0.6) is 0 Å². The average Bonchev–Trinajstić information content (AvgIpc) is 2.27. The Labute approximate surface area is 111 Å². The zero-order valence-electron chi connectivity index (χ0n) is 9.50. The third kappa shape index (κ3) is 3.81. The lowest BCUT2D eigenvalue weighted by Gasteiger charge is -2.10. The van der Waals surface area contributed by atoms with Crippen molar-refractivity contribution in [2.24, 2.45) is 0 Å². The fourth-order valence-electron chi connectivity index (χ4n) is 1.15. The Bertz CT molecular complexity index is 652. The zero-order valence-corrected chi connectivity index (χ0v) is 11.9. The van der Waals surface area contributed by atoms with Gasteiger partial charge in [0.25, 0.3) is 9.05 Å². The predicted molar refractivity (Wildman–Crippen MR) is 69.5 cm³/mol. The van der Waals surface area contributed by atoms with Gasteiger partial charge in [0.05, 0.1) is 9.79 Å². The van der Waals surface area contributed by atoms with E-state index < -0.39 is 25.1 Å². The van der Waals surface area contributed by atoms with Crippen LogP contribution < -0.4 is 4.72 Å². The van der Waals surface area contributed by atoms with Crippen molar-refractivity contribution in [2.75, 3.05) is 0 Å². The summed E-state index contributed by atoms with van der Waals surface area (Å²) in [6.07, 6.45) is 1.42. The third-order valence-electron chi connectivity index (χ3n) is 2.09. The van der Waals surface area contributed by atoms with Crippen LogP contribution in [0.1, 0.15) is 6.92 Å². The summed E-state index contributed by atoms with van der Waals surface area (Å²) in [6.45, 7) is 5.06. The van der Waals surface area contributed by atoms with Crippen LogP contribution in [0.25, 0.3) is 0 Å². The highest BCUT2D eigenvalue weighted by Crippen LogP contribution is 2.19. The fourth-order valence-corrected chi connectivity index (χ4v) is 3.29. The molecule has 1 unspecified atom stereocenters. The number of halogens is 1. The molecule has 0 radical (unpaired) electrons. The van der Waals surface area contributed by atoms with Gasteiger partial charge in [0.15, 0.2) is 0 Å². The van der Waals surface area contributed by atoms with E-state index in [-0.39, 0.29) is 9.79 Å². The van der Waals surface area contributed by atoms with Crippen molar-refractivity contribution in [3.05, 3.63) is 36.9 Å². The molecule has 1 aromatic carbocycles. The van der Waals surface area contributed by atoms with Gasteiger partial charge in [0.2, 0.25) is 10.0 Å². The summed E-state index contributed by atoms with van der Waals surface area (Å²) in [5, 5.41) is 0. The number of benzene rings is 1. The summed E-state index contributed by atoms with van der Waals surface area (Å²) in [5.74, 6) is 0. The molecule has 1 atom stereocenters. The maximum Gasteiger partial charge on any atom is 0.261 e. The second-order valence-electron chi connectivity index (χ2n) is 3.56. The van der Waals surface area contributed by atoms with Crippen molar-refractivity contribution in [1.29, 1.82) is 0 Å². The number of sulfonamides is 1. The predicted octanol–water partition coefficient (Wildman–Crippen LogP) is 1.47. The lowest BCUT2D eigenvalue weighted by molar-refractivity contribution is 0.576. The lowest BCUT2D eigenvalue weighted by Crippen LogP contribution is -2.31. The monoisotopic (exact) mass is 309 g/mol. The van der Waals surface area contributed by atoms with Crippen LogP contribution in [0.4, 0.5) is 0 Å². The molecule has 5 nitrogen and oxygen atoms in total. The van der Waals surface area contributed by atoms with Gasteiger partial charge < -0.3 is 0 Å². The Balaban J connectivity index is 3.23. The normalized spacial score (nSPS) is 14.1. The SMILES string of the molecule is C=CC(C)NS(=O)(=O)c1cccc(S(=O)(=O)Cl)c1. The highest BCUT2D eigenvalue weighted by atomic mass is 35.7. The van der Waals surface area contributed by atoms with Crippen LogP contribution in [-0.2, 0) is 19.1 Å². The molecule has 0 bridgehead atoms. The minimum Gasteiger partial charge on any atom is -0.207 e. The summed E-state index contributed by atoms with van der Waals surface area (Å²) in [4.78, 5) is -0.434. The molecule has 1 rings (SSSR count). The fraction of sp³-hybridized carbons (Fsp3) is 0.200. The Hall–Kier alpha value is -0.890. The maximum absolute atomic E-state index is 11.9. The zero-order chi connectivity index (χ0) is 14.0. The number of rotatable bonds is 5. The van der Waals surface area contributed by atoms with Crippen molar-refractivity contribution in [2.45, 2.75) is 22.8 Å². The van der Waals surface area contributed by atoms with Gasteiger partial charge in [-0.2, -0.15) is 0 Å². The highest BCUT2D eigenvalue weighted by Gasteiger charge is 2.19. The Morgan fingerprint density at radius 3 is 2.33 bits per heavy atom. The molecule has 0 heterocycles. The standard InChI is InChI=1S/C10H12ClNO4S2/c1-3-8(2)12-18(15,16)10-6-4-5-9(7-10)17(11,13)14/h3-8,12H,1H2,2H3. The third-order valence-corrected chi connectivity index (χ3v) is 5.00. The van der Waals surface area contributed by atoms with Crippen LogP contribution in [0, 0.1) is 0 Å². The Kier molecular flexibility index (Phi) is 4.55. The van der Waals surface area contributed by atoms with Gasteiger partial charge in [-0.3, -0.25) is 0 Å². The van der Waals surface area contributed by atoms with Gasteiger partial charge in [-0.15, -0.1) is 6.58 Å². The van der Waals surface area contributed by atoms with E-state index in [9.17, 15) is 16.8 Å². The molecule has 1 N–H and O–H groups in total. The molecule has 100 valence electrons. The molecule has 0 aliphatic carbocycles. The van der Waals surface area contributed by atoms with E-state index in [1.54, 1.807) is 6.92 Å².